The first kappa shape index (κ1) is 13.1. The van der Waals surface area contributed by atoms with E-state index in [1.165, 1.54) is 12.1 Å². The lowest BCUT2D eigenvalue weighted by molar-refractivity contribution is 0.323. The minimum Gasteiger partial charge on any atom is -0.476 e. The van der Waals surface area contributed by atoms with Gasteiger partial charge in [-0.25, -0.2) is 8.78 Å². The van der Waals surface area contributed by atoms with Crippen LogP contribution in [-0.2, 0) is 0 Å². The molecule has 0 aliphatic rings. The van der Waals surface area contributed by atoms with E-state index in [1.807, 2.05) is 0 Å². The fraction of sp³-hybridized carbons (Fsp3) is 0.154. The second kappa shape index (κ2) is 5.51. The third kappa shape index (κ3) is 3.09. The quantitative estimate of drug-likeness (QED) is 0.923. The summed E-state index contributed by atoms with van der Waals surface area (Å²) in [5.74, 6) is -1.37. The average Bonchev–Trinajstić information content (AvgIpc) is 2.38. The van der Waals surface area contributed by atoms with Gasteiger partial charge in [-0.2, -0.15) is 4.98 Å². The molecule has 0 saturated heterocycles. The molecule has 100 valence electrons. The van der Waals surface area contributed by atoms with Gasteiger partial charge < -0.3 is 15.2 Å². The third-order valence-corrected chi connectivity index (χ3v) is 2.26. The second-order valence-corrected chi connectivity index (χ2v) is 3.65. The molecule has 6 heteroatoms. The zero-order valence-electron chi connectivity index (χ0n) is 10.2. The molecule has 0 amide bonds. The Morgan fingerprint density at radius 1 is 1.16 bits per heavy atom. The molecular weight excluding hydrogens is 254 g/mol. The first-order valence-electron chi connectivity index (χ1n) is 5.62. The molecule has 0 aliphatic heterocycles. The molecule has 0 spiro atoms. The molecule has 1 aromatic carbocycles. The van der Waals surface area contributed by atoms with Gasteiger partial charge in [0.25, 0.3) is 0 Å². The smallest absolute Gasteiger partial charge is 0.240 e. The number of nitrogen functional groups attached to an aromatic ring is 1. The lowest BCUT2D eigenvalue weighted by Gasteiger charge is -2.09. The van der Waals surface area contributed by atoms with E-state index in [9.17, 15) is 8.78 Å². The Hall–Kier alpha value is -2.37. The number of nitrogens with zero attached hydrogens (tertiary/aromatic N) is 1. The molecule has 0 aliphatic carbocycles. The minimum absolute atomic E-state index is 0.138. The van der Waals surface area contributed by atoms with Crippen LogP contribution >= 0.6 is 0 Å². The zero-order chi connectivity index (χ0) is 13.8. The van der Waals surface area contributed by atoms with E-state index < -0.39 is 11.6 Å². The molecule has 0 saturated carbocycles. The average molecular weight is 266 g/mol. The van der Waals surface area contributed by atoms with Crippen LogP contribution in [0.2, 0.25) is 0 Å². The topological polar surface area (TPSA) is 57.4 Å². The van der Waals surface area contributed by atoms with Crippen molar-refractivity contribution in [3.63, 3.8) is 0 Å². The molecule has 2 rings (SSSR count). The van der Waals surface area contributed by atoms with Crippen molar-refractivity contribution in [3.05, 3.63) is 42.0 Å². The molecule has 0 radical (unpaired) electrons. The first-order chi connectivity index (χ1) is 9.10. The number of hydrogen-bond acceptors (Lipinski definition) is 4. The van der Waals surface area contributed by atoms with E-state index in [2.05, 4.69) is 4.98 Å². The largest absolute Gasteiger partial charge is 0.476 e. The van der Waals surface area contributed by atoms with E-state index in [4.69, 9.17) is 15.2 Å². The number of nitrogens with two attached hydrogens (primary N) is 1. The summed E-state index contributed by atoms with van der Waals surface area (Å²) >= 11 is 0. The standard InChI is InChI=1S/C13H12F2N2O2/c1-2-18-13-11(16)5-6-12(17-13)19-8-3-4-9(14)10(15)7-8/h3-7H,2,16H2,1H3. The molecule has 2 aromatic rings. The summed E-state index contributed by atoms with van der Waals surface area (Å²) in [6, 6.07) is 6.29. The number of rotatable bonds is 4. The predicted molar refractivity (Wildman–Crippen MR) is 66.3 cm³/mol. The molecule has 0 bridgehead atoms. The minimum atomic E-state index is -0.988. The van der Waals surface area contributed by atoms with Crippen molar-refractivity contribution >= 4 is 5.69 Å². The molecule has 1 heterocycles. The highest BCUT2D eigenvalue weighted by Crippen LogP contribution is 2.26. The van der Waals surface area contributed by atoms with Crippen molar-refractivity contribution in [1.82, 2.24) is 4.98 Å². The Morgan fingerprint density at radius 3 is 2.63 bits per heavy atom. The summed E-state index contributed by atoms with van der Waals surface area (Å²) < 4.78 is 36.3. The molecule has 19 heavy (non-hydrogen) atoms. The van der Waals surface area contributed by atoms with Gasteiger partial charge in [0.15, 0.2) is 11.6 Å². The van der Waals surface area contributed by atoms with Gasteiger partial charge in [0, 0.05) is 12.1 Å². The Bertz CT molecular complexity index is 591. The number of anilines is 1. The van der Waals surface area contributed by atoms with Crippen molar-refractivity contribution in [2.24, 2.45) is 0 Å². The number of pyridine rings is 1. The van der Waals surface area contributed by atoms with E-state index in [0.717, 1.165) is 12.1 Å². The van der Waals surface area contributed by atoms with Crippen LogP contribution < -0.4 is 15.2 Å². The molecule has 2 N–H and O–H groups in total. The maximum Gasteiger partial charge on any atom is 0.240 e. The van der Waals surface area contributed by atoms with Gasteiger partial charge in [-0.15, -0.1) is 0 Å². The molecule has 4 nitrogen and oxygen atoms in total. The van der Waals surface area contributed by atoms with Gasteiger partial charge in [0.1, 0.15) is 5.75 Å². The number of benzene rings is 1. The van der Waals surface area contributed by atoms with Crippen LogP contribution in [0.25, 0.3) is 0 Å². The highest BCUT2D eigenvalue weighted by Gasteiger charge is 2.08. The van der Waals surface area contributed by atoms with Crippen molar-refractivity contribution in [2.45, 2.75) is 6.92 Å². The molecule has 1 aromatic heterocycles. The van der Waals surface area contributed by atoms with Crippen LogP contribution in [-0.4, -0.2) is 11.6 Å². The van der Waals surface area contributed by atoms with E-state index in [0.29, 0.717) is 12.3 Å². The fourth-order valence-corrected chi connectivity index (χ4v) is 1.40. The molecule has 0 fully saturated rings. The summed E-state index contributed by atoms with van der Waals surface area (Å²) in [7, 11) is 0. The van der Waals surface area contributed by atoms with Crippen molar-refractivity contribution in [1.29, 1.82) is 0 Å². The van der Waals surface area contributed by atoms with Gasteiger partial charge in [0.05, 0.1) is 12.3 Å². The summed E-state index contributed by atoms with van der Waals surface area (Å²) in [4.78, 5) is 4.02. The van der Waals surface area contributed by atoms with Crippen LogP contribution in [0, 0.1) is 11.6 Å². The summed E-state index contributed by atoms with van der Waals surface area (Å²) in [6.45, 7) is 2.20. The predicted octanol–water partition coefficient (Wildman–Crippen LogP) is 3.13. The Balaban J connectivity index is 2.22. The third-order valence-electron chi connectivity index (χ3n) is 2.26. The van der Waals surface area contributed by atoms with E-state index >= 15 is 0 Å². The van der Waals surface area contributed by atoms with Crippen LogP contribution in [0.3, 0.4) is 0 Å². The molecule has 0 unspecified atom stereocenters. The number of aromatic nitrogens is 1. The lowest BCUT2D eigenvalue weighted by atomic mass is 10.3. The highest BCUT2D eigenvalue weighted by molar-refractivity contribution is 5.49. The van der Waals surface area contributed by atoms with Crippen LogP contribution in [0.5, 0.6) is 17.5 Å². The van der Waals surface area contributed by atoms with Crippen LogP contribution in [0.4, 0.5) is 14.5 Å². The van der Waals surface area contributed by atoms with E-state index in [-0.39, 0.29) is 17.5 Å². The summed E-state index contributed by atoms with van der Waals surface area (Å²) in [6.07, 6.45) is 0. The van der Waals surface area contributed by atoms with Crippen molar-refractivity contribution in [2.75, 3.05) is 12.3 Å². The Morgan fingerprint density at radius 2 is 1.95 bits per heavy atom. The van der Waals surface area contributed by atoms with Crippen molar-refractivity contribution < 1.29 is 18.3 Å². The number of ether oxygens (including phenoxy) is 2. The van der Waals surface area contributed by atoms with Gasteiger partial charge in [-0.1, -0.05) is 0 Å². The summed E-state index contributed by atoms with van der Waals surface area (Å²) in [5, 5.41) is 0. The van der Waals surface area contributed by atoms with Gasteiger partial charge in [-0.05, 0) is 25.1 Å². The molecular formula is C13H12F2N2O2. The lowest BCUT2D eigenvalue weighted by Crippen LogP contribution is -2.00. The Kier molecular flexibility index (Phi) is 3.79. The van der Waals surface area contributed by atoms with Crippen molar-refractivity contribution in [3.8, 4) is 17.5 Å². The first-order valence-corrected chi connectivity index (χ1v) is 5.62. The monoisotopic (exact) mass is 266 g/mol. The van der Waals surface area contributed by atoms with Gasteiger partial charge in [-0.3, -0.25) is 0 Å². The zero-order valence-corrected chi connectivity index (χ0v) is 10.2. The normalized spacial score (nSPS) is 10.3. The Labute approximate surface area is 108 Å². The van der Waals surface area contributed by atoms with Crippen LogP contribution in [0.15, 0.2) is 30.3 Å². The number of hydrogen-bond donors (Lipinski definition) is 1. The molecule has 0 atom stereocenters. The maximum atomic E-state index is 13.0. The van der Waals surface area contributed by atoms with E-state index in [1.54, 1.807) is 13.0 Å². The highest BCUT2D eigenvalue weighted by atomic mass is 19.2. The second-order valence-electron chi connectivity index (χ2n) is 3.65. The fourth-order valence-electron chi connectivity index (χ4n) is 1.40. The SMILES string of the molecule is CCOc1nc(Oc2ccc(F)c(F)c2)ccc1N. The maximum absolute atomic E-state index is 13.0. The number of halogens is 2. The van der Waals surface area contributed by atoms with Crippen LogP contribution in [0.1, 0.15) is 6.92 Å². The summed E-state index contributed by atoms with van der Waals surface area (Å²) in [5.41, 5.74) is 6.03. The van der Waals surface area contributed by atoms with Gasteiger partial charge >= 0.3 is 0 Å². The van der Waals surface area contributed by atoms with Gasteiger partial charge in [0.2, 0.25) is 11.8 Å².